The Hall–Kier alpha value is -2.86. The molecule has 2 aromatic carbocycles. The first kappa shape index (κ1) is 17.0. The van der Waals surface area contributed by atoms with Gasteiger partial charge in [-0.2, -0.15) is 4.98 Å². The fourth-order valence-corrected chi connectivity index (χ4v) is 2.53. The Balaban J connectivity index is 1.97. The second-order valence-electron chi connectivity index (χ2n) is 5.68. The number of aliphatic hydroxyl groups is 1. The Bertz CT molecular complexity index is 844. The molecule has 0 aliphatic carbocycles. The third-order valence-corrected chi connectivity index (χ3v) is 3.79. The van der Waals surface area contributed by atoms with Crippen molar-refractivity contribution in [3.05, 3.63) is 59.5 Å². The van der Waals surface area contributed by atoms with Gasteiger partial charge in [0.2, 0.25) is 11.7 Å². The number of benzene rings is 2. The summed E-state index contributed by atoms with van der Waals surface area (Å²) in [5, 5.41) is 14.1. The molecule has 1 N–H and O–H groups in total. The maximum atomic E-state index is 10.2. The molecule has 1 unspecified atom stereocenters. The molecule has 0 aliphatic heterocycles. The Kier molecular flexibility index (Phi) is 5.00. The third-order valence-electron chi connectivity index (χ3n) is 3.79. The van der Waals surface area contributed by atoms with Gasteiger partial charge in [-0.1, -0.05) is 35.5 Å². The van der Waals surface area contributed by atoms with Crippen LogP contribution in [0.2, 0.25) is 0 Å². The molecular weight excluding hydrogens is 320 g/mol. The molecule has 25 heavy (non-hydrogen) atoms. The lowest BCUT2D eigenvalue weighted by atomic mass is 10.0. The predicted molar refractivity (Wildman–Crippen MR) is 92.4 cm³/mol. The Morgan fingerprint density at radius 3 is 2.52 bits per heavy atom. The predicted octanol–water partition coefficient (Wildman–Crippen LogP) is 3.69. The van der Waals surface area contributed by atoms with E-state index in [2.05, 4.69) is 10.1 Å². The van der Waals surface area contributed by atoms with Crippen molar-refractivity contribution in [1.82, 2.24) is 10.1 Å². The first-order valence-corrected chi connectivity index (χ1v) is 7.96. The molecular formula is C19H20N2O4. The number of methoxy groups -OCH3 is 1. The molecule has 3 aromatic rings. The van der Waals surface area contributed by atoms with Crippen molar-refractivity contribution in [2.24, 2.45) is 0 Å². The number of aromatic nitrogens is 2. The number of ether oxygens (including phenoxy) is 2. The maximum Gasteiger partial charge on any atom is 0.223 e. The van der Waals surface area contributed by atoms with Gasteiger partial charge in [0, 0.05) is 12.5 Å². The smallest absolute Gasteiger partial charge is 0.223 e. The monoisotopic (exact) mass is 340 g/mol. The van der Waals surface area contributed by atoms with E-state index in [-0.39, 0.29) is 0 Å². The number of aliphatic hydroxyl groups excluding tert-OH is 1. The Labute approximate surface area is 146 Å². The van der Waals surface area contributed by atoms with Crippen molar-refractivity contribution < 1.29 is 19.1 Å². The van der Waals surface area contributed by atoms with E-state index in [1.807, 2.05) is 30.3 Å². The van der Waals surface area contributed by atoms with Gasteiger partial charge < -0.3 is 19.1 Å². The first-order chi connectivity index (χ1) is 12.1. The number of hydrogen-bond donors (Lipinski definition) is 1. The molecule has 1 atom stereocenters. The van der Waals surface area contributed by atoms with E-state index in [1.165, 1.54) is 0 Å². The van der Waals surface area contributed by atoms with Crippen LogP contribution in [0.4, 0.5) is 0 Å². The normalized spacial score (nSPS) is 12.0. The molecule has 130 valence electrons. The first-order valence-electron chi connectivity index (χ1n) is 7.96. The summed E-state index contributed by atoms with van der Waals surface area (Å²) in [7, 11) is 1.57. The van der Waals surface area contributed by atoms with Gasteiger partial charge in [0.15, 0.2) is 11.5 Å². The fourth-order valence-electron chi connectivity index (χ4n) is 2.53. The zero-order chi connectivity index (χ0) is 17.8. The van der Waals surface area contributed by atoms with Crippen molar-refractivity contribution in [3.63, 3.8) is 0 Å². The van der Waals surface area contributed by atoms with Crippen molar-refractivity contribution in [2.75, 3.05) is 7.11 Å². The van der Waals surface area contributed by atoms with Crippen LogP contribution in [0, 0.1) is 6.92 Å². The van der Waals surface area contributed by atoms with Crippen LogP contribution >= 0.6 is 0 Å². The summed E-state index contributed by atoms with van der Waals surface area (Å²) in [6, 6.07) is 13.4. The highest BCUT2D eigenvalue weighted by molar-refractivity contribution is 5.66. The van der Waals surface area contributed by atoms with Crippen LogP contribution in [0.5, 0.6) is 11.5 Å². The van der Waals surface area contributed by atoms with E-state index in [0.29, 0.717) is 40.9 Å². The molecule has 0 spiro atoms. The van der Waals surface area contributed by atoms with Crippen molar-refractivity contribution in [3.8, 4) is 22.9 Å². The van der Waals surface area contributed by atoms with Crippen molar-refractivity contribution in [2.45, 2.75) is 26.6 Å². The topological polar surface area (TPSA) is 77.6 Å². The van der Waals surface area contributed by atoms with E-state index in [1.54, 1.807) is 33.1 Å². The average Bonchev–Trinajstić information content (AvgIpc) is 3.06. The van der Waals surface area contributed by atoms with Crippen molar-refractivity contribution in [1.29, 1.82) is 0 Å². The lowest BCUT2D eigenvalue weighted by Crippen LogP contribution is -2.02. The molecule has 0 radical (unpaired) electrons. The van der Waals surface area contributed by atoms with E-state index in [9.17, 15) is 5.11 Å². The minimum absolute atomic E-state index is 0.400. The number of rotatable bonds is 6. The van der Waals surface area contributed by atoms with E-state index in [4.69, 9.17) is 14.0 Å². The van der Waals surface area contributed by atoms with Crippen LogP contribution in [-0.4, -0.2) is 22.4 Å². The summed E-state index contributed by atoms with van der Waals surface area (Å²) in [6.07, 6.45) is -0.723. The van der Waals surface area contributed by atoms with Gasteiger partial charge >= 0.3 is 0 Å². The number of nitrogens with zero attached hydrogens (tertiary/aromatic N) is 2. The molecule has 6 heteroatoms. The van der Waals surface area contributed by atoms with E-state index >= 15 is 0 Å². The number of aryl methyl sites for hydroxylation is 1. The summed E-state index contributed by atoms with van der Waals surface area (Å²) < 4.78 is 16.4. The molecule has 0 bridgehead atoms. The Morgan fingerprint density at radius 1 is 1.16 bits per heavy atom. The summed E-state index contributed by atoms with van der Waals surface area (Å²) in [4.78, 5) is 4.24. The zero-order valence-corrected chi connectivity index (χ0v) is 14.4. The second kappa shape index (κ2) is 7.36. The summed E-state index contributed by atoms with van der Waals surface area (Å²) in [5.74, 6) is 1.94. The minimum atomic E-state index is -0.723. The summed E-state index contributed by atoms with van der Waals surface area (Å²) >= 11 is 0. The number of hydrogen-bond acceptors (Lipinski definition) is 6. The SMILES string of the molecule is COc1cc(-c2noc(C)n2)c(C(C)O)cc1OCc1ccccc1. The highest BCUT2D eigenvalue weighted by atomic mass is 16.5. The van der Waals surface area contributed by atoms with Gasteiger partial charge in [0.1, 0.15) is 6.61 Å². The van der Waals surface area contributed by atoms with Gasteiger partial charge in [-0.25, -0.2) is 0 Å². The van der Waals surface area contributed by atoms with Crippen LogP contribution in [0.1, 0.15) is 30.0 Å². The zero-order valence-electron chi connectivity index (χ0n) is 14.4. The van der Waals surface area contributed by atoms with Crippen LogP contribution in [0.15, 0.2) is 47.0 Å². The molecule has 0 fully saturated rings. The van der Waals surface area contributed by atoms with Crippen LogP contribution in [0.3, 0.4) is 0 Å². The minimum Gasteiger partial charge on any atom is -0.493 e. The van der Waals surface area contributed by atoms with Crippen LogP contribution in [0.25, 0.3) is 11.4 Å². The second-order valence-corrected chi connectivity index (χ2v) is 5.68. The standard InChI is InChI=1S/C19H20N2O4/c1-12(22)15-9-18(24-11-14-7-5-4-6-8-14)17(23-3)10-16(15)19-20-13(2)25-21-19/h4-10,12,22H,11H2,1-3H3. The molecule has 1 aromatic heterocycles. The van der Waals surface area contributed by atoms with Crippen LogP contribution < -0.4 is 9.47 Å². The Morgan fingerprint density at radius 2 is 1.92 bits per heavy atom. The molecule has 6 nitrogen and oxygen atoms in total. The largest absolute Gasteiger partial charge is 0.493 e. The quantitative estimate of drug-likeness (QED) is 0.737. The molecule has 1 heterocycles. The van der Waals surface area contributed by atoms with Gasteiger partial charge in [-0.15, -0.1) is 0 Å². The molecule has 3 rings (SSSR count). The summed E-state index contributed by atoms with van der Waals surface area (Å²) in [6.45, 7) is 3.80. The van der Waals surface area contributed by atoms with E-state index < -0.39 is 6.10 Å². The van der Waals surface area contributed by atoms with Crippen LogP contribution in [-0.2, 0) is 6.61 Å². The van der Waals surface area contributed by atoms with Gasteiger partial charge in [-0.05, 0) is 30.2 Å². The maximum absolute atomic E-state index is 10.2. The van der Waals surface area contributed by atoms with Gasteiger partial charge in [-0.3, -0.25) is 0 Å². The highest BCUT2D eigenvalue weighted by Gasteiger charge is 2.19. The van der Waals surface area contributed by atoms with Gasteiger partial charge in [0.25, 0.3) is 0 Å². The van der Waals surface area contributed by atoms with Crippen molar-refractivity contribution >= 4 is 0 Å². The molecule has 0 aliphatic rings. The lowest BCUT2D eigenvalue weighted by molar-refractivity contribution is 0.198. The molecule has 0 amide bonds. The fraction of sp³-hybridized carbons (Fsp3) is 0.263. The molecule has 0 saturated heterocycles. The van der Waals surface area contributed by atoms with Gasteiger partial charge in [0.05, 0.1) is 13.2 Å². The molecule has 0 saturated carbocycles. The summed E-state index contributed by atoms with van der Waals surface area (Å²) in [5.41, 5.74) is 2.33. The van der Waals surface area contributed by atoms with E-state index in [0.717, 1.165) is 5.56 Å². The average molecular weight is 340 g/mol. The highest BCUT2D eigenvalue weighted by Crippen LogP contribution is 2.38. The third kappa shape index (κ3) is 3.80. The lowest BCUT2D eigenvalue weighted by Gasteiger charge is -2.16.